The van der Waals surface area contributed by atoms with Gasteiger partial charge in [0.05, 0.1) is 30.0 Å². The molecule has 1 saturated heterocycles. The molecule has 1 heterocycles. The van der Waals surface area contributed by atoms with Gasteiger partial charge in [-0.25, -0.2) is 4.79 Å². The number of amides is 1. The van der Waals surface area contributed by atoms with Crippen molar-refractivity contribution in [1.82, 2.24) is 5.32 Å². The van der Waals surface area contributed by atoms with Crippen molar-refractivity contribution in [3.8, 4) is 0 Å². The van der Waals surface area contributed by atoms with Crippen LogP contribution in [0.1, 0.15) is 60.8 Å². The van der Waals surface area contributed by atoms with E-state index in [0.717, 1.165) is 6.42 Å². The molecular formula is C22H39NO6. The number of allylic oxidation sites excluding steroid dienone is 2. The molecule has 0 aromatic rings. The van der Waals surface area contributed by atoms with Crippen LogP contribution in [0.15, 0.2) is 11.6 Å². The SMILES string of the molecule is COC1C(OC(=O)NC(C)(C)CO)CC[C@]2(CO2)C1C(C)(O)[C@H](C)CC=C(C)C. The van der Waals surface area contributed by atoms with E-state index in [1.165, 1.54) is 5.57 Å². The Labute approximate surface area is 174 Å². The summed E-state index contributed by atoms with van der Waals surface area (Å²) in [5, 5.41) is 23.6. The third kappa shape index (κ3) is 5.51. The number of carbonyl (C=O) groups excluding carboxylic acids is 1. The third-order valence-corrected chi connectivity index (χ3v) is 6.50. The molecule has 2 fully saturated rings. The number of aliphatic hydroxyl groups excluding tert-OH is 1. The predicted octanol–water partition coefficient (Wildman–Crippen LogP) is 2.79. The lowest BCUT2D eigenvalue weighted by atomic mass is 9.63. The standard InChI is InChI=1S/C22H39NO6/c1-14(2)8-9-15(3)21(6,26)18-17(27-7)16(10-11-22(18)13-28-22)29-19(25)23-20(4,5)12-24/h8,15-18,24,26H,9-13H2,1-7H3,(H,23,25)/t15-,16?,17?,18?,21?,22+/m1/s1. The number of aliphatic hydroxyl groups is 2. The zero-order valence-corrected chi connectivity index (χ0v) is 18.9. The van der Waals surface area contributed by atoms with E-state index in [2.05, 4.69) is 11.4 Å². The second-order valence-corrected chi connectivity index (χ2v) is 9.82. The maximum atomic E-state index is 12.4. The van der Waals surface area contributed by atoms with Crippen LogP contribution in [0.5, 0.6) is 0 Å². The lowest BCUT2D eigenvalue weighted by molar-refractivity contribution is -0.178. The van der Waals surface area contributed by atoms with Gasteiger partial charge in [-0.1, -0.05) is 18.6 Å². The average molecular weight is 414 g/mol. The van der Waals surface area contributed by atoms with Gasteiger partial charge in [-0.05, 0) is 59.8 Å². The van der Waals surface area contributed by atoms with Crippen LogP contribution in [0.3, 0.4) is 0 Å². The summed E-state index contributed by atoms with van der Waals surface area (Å²) in [6.45, 7) is 11.8. The minimum atomic E-state index is -1.06. The molecule has 2 rings (SSSR count). The highest BCUT2D eigenvalue weighted by Gasteiger charge is 2.65. The number of hydrogen-bond donors (Lipinski definition) is 3. The number of epoxide rings is 1. The van der Waals surface area contributed by atoms with Gasteiger partial charge in [-0.15, -0.1) is 0 Å². The molecule has 1 saturated carbocycles. The average Bonchev–Trinajstić information content (AvgIpc) is 3.39. The quantitative estimate of drug-likeness (QED) is 0.418. The van der Waals surface area contributed by atoms with Gasteiger partial charge < -0.3 is 29.7 Å². The summed E-state index contributed by atoms with van der Waals surface area (Å²) in [5.74, 6) is -0.347. The van der Waals surface area contributed by atoms with Gasteiger partial charge in [0.15, 0.2) is 0 Å². The zero-order chi connectivity index (χ0) is 22.0. The molecule has 1 spiro atoms. The fraction of sp³-hybridized carbons (Fsp3) is 0.864. The summed E-state index contributed by atoms with van der Waals surface area (Å²) >= 11 is 0. The summed E-state index contributed by atoms with van der Waals surface area (Å²) in [4.78, 5) is 12.4. The first-order chi connectivity index (χ1) is 13.4. The molecule has 7 heteroatoms. The topological polar surface area (TPSA) is 101 Å². The van der Waals surface area contributed by atoms with Crippen LogP contribution in [0.25, 0.3) is 0 Å². The number of ether oxygens (including phenoxy) is 3. The van der Waals surface area contributed by atoms with E-state index in [1.807, 2.05) is 27.7 Å². The first-order valence-electron chi connectivity index (χ1n) is 10.5. The summed E-state index contributed by atoms with van der Waals surface area (Å²) in [6, 6.07) is 0. The van der Waals surface area contributed by atoms with E-state index >= 15 is 0 Å². The Morgan fingerprint density at radius 1 is 1.38 bits per heavy atom. The largest absolute Gasteiger partial charge is 0.443 e. The van der Waals surface area contributed by atoms with Crippen molar-refractivity contribution in [2.24, 2.45) is 11.8 Å². The lowest BCUT2D eigenvalue weighted by Crippen LogP contribution is -2.61. The van der Waals surface area contributed by atoms with E-state index in [4.69, 9.17) is 14.2 Å². The van der Waals surface area contributed by atoms with Crippen LogP contribution >= 0.6 is 0 Å². The van der Waals surface area contributed by atoms with Gasteiger partial charge in [0.2, 0.25) is 0 Å². The Morgan fingerprint density at radius 2 is 2.00 bits per heavy atom. The zero-order valence-electron chi connectivity index (χ0n) is 18.9. The second kappa shape index (κ2) is 8.92. The summed E-state index contributed by atoms with van der Waals surface area (Å²) < 4.78 is 17.3. The van der Waals surface area contributed by atoms with E-state index in [0.29, 0.717) is 19.4 Å². The third-order valence-electron chi connectivity index (χ3n) is 6.50. The van der Waals surface area contributed by atoms with Crippen LogP contribution in [0.4, 0.5) is 4.79 Å². The molecule has 0 radical (unpaired) electrons. The number of alkyl carbamates (subject to hydrolysis) is 1. The lowest BCUT2D eigenvalue weighted by Gasteiger charge is -2.49. The van der Waals surface area contributed by atoms with Crippen molar-refractivity contribution in [2.45, 2.75) is 89.8 Å². The molecule has 2 aliphatic rings. The number of carbonyl (C=O) groups is 1. The molecule has 168 valence electrons. The molecule has 0 bridgehead atoms. The van der Waals surface area contributed by atoms with Gasteiger partial charge in [0.25, 0.3) is 0 Å². The van der Waals surface area contributed by atoms with Gasteiger partial charge >= 0.3 is 6.09 Å². The maximum absolute atomic E-state index is 12.4. The molecule has 7 nitrogen and oxygen atoms in total. The predicted molar refractivity (Wildman–Crippen MR) is 111 cm³/mol. The maximum Gasteiger partial charge on any atom is 0.407 e. The highest BCUT2D eigenvalue weighted by molar-refractivity contribution is 5.68. The van der Waals surface area contributed by atoms with Crippen molar-refractivity contribution in [3.63, 3.8) is 0 Å². The Bertz CT molecular complexity index is 606. The Morgan fingerprint density at radius 3 is 2.48 bits per heavy atom. The molecule has 6 atom stereocenters. The van der Waals surface area contributed by atoms with Crippen LogP contribution < -0.4 is 5.32 Å². The van der Waals surface area contributed by atoms with Crippen LogP contribution in [-0.4, -0.2) is 65.6 Å². The number of rotatable bonds is 8. The molecule has 3 N–H and O–H groups in total. The molecule has 4 unspecified atom stereocenters. The second-order valence-electron chi connectivity index (χ2n) is 9.82. The number of methoxy groups -OCH3 is 1. The van der Waals surface area contributed by atoms with Crippen molar-refractivity contribution >= 4 is 6.09 Å². The number of hydrogen-bond acceptors (Lipinski definition) is 6. The van der Waals surface area contributed by atoms with Crippen molar-refractivity contribution < 1.29 is 29.2 Å². The van der Waals surface area contributed by atoms with E-state index in [1.54, 1.807) is 21.0 Å². The first-order valence-corrected chi connectivity index (χ1v) is 10.5. The van der Waals surface area contributed by atoms with Crippen LogP contribution in [-0.2, 0) is 14.2 Å². The monoisotopic (exact) mass is 413 g/mol. The fourth-order valence-electron chi connectivity index (χ4n) is 4.36. The highest BCUT2D eigenvalue weighted by Crippen LogP contribution is 2.53. The molecule has 0 aromatic carbocycles. The molecule has 0 aromatic heterocycles. The normalized spacial score (nSPS) is 32.2. The summed E-state index contributed by atoms with van der Waals surface area (Å²) in [5.41, 5.74) is -1.06. The van der Waals surface area contributed by atoms with E-state index in [-0.39, 0.29) is 18.4 Å². The summed E-state index contributed by atoms with van der Waals surface area (Å²) in [7, 11) is 1.59. The molecule has 1 amide bonds. The van der Waals surface area contributed by atoms with Crippen molar-refractivity contribution in [1.29, 1.82) is 0 Å². The molecule has 1 aliphatic carbocycles. The minimum absolute atomic E-state index is 0.0259. The molecular weight excluding hydrogens is 374 g/mol. The smallest absolute Gasteiger partial charge is 0.407 e. The van der Waals surface area contributed by atoms with Crippen LogP contribution in [0.2, 0.25) is 0 Å². The van der Waals surface area contributed by atoms with Crippen molar-refractivity contribution in [3.05, 3.63) is 11.6 Å². The van der Waals surface area contributed by atoms with Gasteiger partial charge in [-0.3, -0.25) is 0 Å². The highest BCUT2D eigenvalue weighted by atomic mass is 16.6. The fourth-order valence-corrected chi connectivity index (χ4v) is 4.36. The van der Waals surface area contributed by atoms with Crippen molar-refractivity contribution in [2.75, 3.05) is 20.3 Å². The van der Waals surface area contributed by atoms with Gasteiger partial charge in [-0.2, -0.15) is 0 Å². The Balaban J connectivity index is 2.21. The van der Waals surface area contributed by atoms with Crippen LogP contribution in [0, 0.1) is 11.8 Å². The molecule has 1 aliphatic heterocycles. The Kier molecular flexibility index (Phi) is 7.42. The summed E-state index contributed by atoms with van der Waals surface area (Å²) in [6.07, 6.45) is 2.58. The minimum Gasteiger partial charge on any atom is -0.443 e. The van der Waals surface area contributed by atoms with E-state index in [9.17, 15) is 15.0 Å². The van der Waals surface area contributed by atoms with E-state index < -0.39 is 35.0 Å². The molecule has 29 heavy (non-hydrogen) atoms. The van der Waals surface area contributed by atoms with Gasteiger partial charge in [0.1, 0.15) is 12.2 Å². The first kappa shape index (κ1) is 24.1. The number of nitrogens with one attached hydrogen (secondary N) is 1. The Hall–Kier alpha value is -1.15. The van der Waals surface area contributed by atoms with Gasteiger partial charge in [0, 0.05) is 13.0 Å².